The van der Waals surface area contributed by atoms with E-state index in [4.69, 9.17) is 4.74 Å². The summed E-state index contributed by atoms with van der Waals surface area (Å²) in [5.74, 6) is -2.37. The van der Waals surface area contributed by atoms with E-state index in [1.54, 1.807) is 12.1 Å². The summed E-state index contributed by atoms with van der Waals surface area (Å²) < 4.78 is 72.1. The van der Waals surface area contributed by atoms with Crippen molar-refractivity contribution in [3.63, 3.8) is 0 Å². The highest BCUT2D eigenvalue weighted by molar-refractivity contribution is 5.94. The van der Waals surface area contributed by atoms with Crippen LogP contribution in [0, 0.1) is 11.6 Å². The third-order valence-electron chi connectivity index (χ3n) is 6.95. The first-order valence-electron chi connectivity index (χ1n) is 12.0. The molecule has 0 N–H and O–H groups in total. The summed E-state index contributed by atoms with van der Waals surface area (Å²) in [5.41, 5.74) is -0.739. The van der Waals surface area contributed by atoms with Gasteiger partial charge in [0.2, 0.25) is 0 Å². The fourth-order valence-corrected chi connectivity index (χ4v) is 4.85. The number of morpholine rings is 1. The smallest absolute Gasteiger partial charge is 0.379 e. The molecule has 5 nitrogen and oxygen atoms in total. The van der Waals surface area contributed by atoms with Crippen LogP contribution in [-0.4, -0.2) is 86.2 Å². The maximum atomic E-state index is 13.8. The summed E-state index contributed by atoms with van der Waals surface area (Å²) in [5, 5.41) is 0. The molecule has 2 saturated heterocycles. The van der Waals surface area contributed by atoms with E-state index in [0.29, 0.717) is 24.6 Å². The van der Waals surface area contributed by atoms with Crippen molar-refractivity contribution >= 4 is 5.91 Å². The molecule has 2 fully saturated rings. The number of rotatable bonds is 8. The molecule has 2 aromatic carbocycles. The van der Waals surface area contributed by atoms with E-state index >= 15 is 0 Å². The summed E-state index contributed by atoms with van der Waals surface area (Å²) in [7, 11) is 1.48. The SMILES string of the molecule is CN(C[C@@H](CCN1CC(N2CCOCC2)C1)c1ccc(F)cc1)C(=O)c1cc(F)cc(C(F)(F)F)c1. The van der Waals surface area contributed by atoms with Gasteiger partial charge >= 0.3 is 6.18 Å². The van der Waals surface area contributed by atoms with Crippen LogP contribution in [0.5, 0.6) is 0 Å². The van der Waals surface area contributed by atoms with Crippen LogP contribution in [0.4, 0.5) is 22.0 Å². The van der Waals surface area contributed by atoms with E-state index < -0.39 is 23.5 Å². The van der Waals surface area contributed by atoms with Crippen LogP contribution in [0.25, 0.3) is 0 Å². The van der Waals surface area contributed by atoms with Gasteiger partial charge in [0.15, 0.2) is 0 Å². The average molecular weight is 512 g/mol. The van der Waals surface area contributed by atoms with E-state index in [0.717, 1.165) is 57.6 Å². The van der Waals surface area contributed by atoms with Gasteiger partial charge in [0.1, 0.15) is 11.6 Å². The lowest BCUT2D eigenvalue weighted by Crippen LogP contribution is -2.61. The summed E-state index contributed by atoms with van der Waals surface area (Å²) >= 11 is 0. The fourth-order valence-electron chi connectivity index (χ4n) is 4.85. The topological polar surface area (TPSA) is 36.0 Å². The lowest BCUT2D eigenvalue weighted by molar-refractivity contribution is -0.137. The maximum absolute atomic E-state index is 13.8. The molecule has 0 aliphatic carbocycles. The van der Waals surface area contributed by atoms with Crippen LogP contribution in [0.1, 0.15) is 33.8 Å². The number of likely N-dealkylation sites (tertiary alicyclic amines) is 1. The van der Waals surface area contributed by atoms with Gasteiger partial charge in [-0.3, -0.25) is 9.69 Å². The maximum Gasteiger partial charge on any atom is 0.416 e. The first-order valence-corrected chi connectivity index (χ1v) is 12.0. The summed E-state index contributed by atoms with van der Waals surface area (Å²) in [4.78, 5) is 19.0. The van der Waals surface area contributed by atoms with Gasteiger partial charge in [-0.25, -0.2) is 8.78 Å². The van der Waals surface area contributed by atoms with Gasteiger partial charge in [-0.2, -0.15) is 13.2 Å². The van der Waals surface area contributed by atoms with Crippen LogP contribution in [0.15, 0.2) is 42.5 Å². The fraction of sp³-hybridized carbons (Fsp3) is 0.500. The van der Waals surface area contributed by atoms with Crippen LogP contribution >= 0.6 is 0 Å². The first kappa shape index (κ1) is 26.5. The number of halogens is 5. The molecule has 0 unspecified atom stereocenters. The number of benzene rings is 2. The highest BCUT2D eigenvalue weighted by Gasteiger charge is 2.34. The molecular formula is C26H30F5N3O2. The quantitative estimate of drug-likeness (QED) is 0.497. The van der Waals surface area contributed by atoms with Crippen molar-refractivity contribution in [2.24, 2.45) is 0 Å². The van der Waals surface area contributed by atoms with Crippen LogP contribution in [0.2, 0.25) is 0 Å². The zero-order valence-corrected chi connectivity index (χ0v) is 20.1. The van der Waals surface area contributed by atoms with Crippen molar-refractivity contribution in [3.8, 4) is 0 Å². The Labute approximate surface area is 207 Å². The number of carbonyl (C=O) groups excluding carboxylic acids is 1. The van der Waals surface area contributed by atoms with E-state index in [1.165, 1.54) is 24.1 Å². The normalized spacial score (nSPS) is 18.6. The Morgan fingerprint density at radius 2 is 1.72 bits per heavy atom. The predicted molar refractivity (Wildman–Crippen MR) is 125 cm³/mol. The summed E-state index contributed by atoms with van der Waals surface area (Å²) in [6.07, 6.45) is -4.08. The predicted octanol–water partition coefficient (Wildman–Crippen LogP) is 4.25. The monoisotopic (exact) mass is 511 g/mol. The van der Waals surface area contributed by atoms with E-state index in [1.807, 2.05) is 0 Å². The Kier molecular flexibility index (Phi) is 8.27. The highest BCUT2D eigenvalue weighted by Crippen LogP contribution is 2.31. The van der Waals surface area contributed by atoms with E-state index in [-0.39, 0.29) is 23.8 Å². The van der Waals surface area contributed by atoms with Gasteiger partial charge in [0, 0.05) is 57.3 Å². The van der Waals surface area contributed by atoms with E-state index in [9.17, 15) is 26.7 Å². The van der Waals surface area contributed by atoms with Crippen molar-refractivity contribution in [2.75, 3.05) is 59.5 Å². The molecule has 10 heteroatoms. The van der Waals surface area contributed by atoms with Gasteiger partial charge in [-0.05, 0) is 48.9 Å². The lowest BCUT2D eigenvalue weighted by atomic mass is 9.93. The molecule has 1 atom stereocenters. The molecular weight excluding hydrogens is 481 g/mol. The van der Waals surface area contributed by atoms with Crippen molar-refractivity contribution in [1.82, 2.24) is 14.7 Å². The largest absolute Gasteiger partial charge is 0.416 e. The molecule has 2 aliphatic heterocycles. The number of nitrogens with zero attached hydrogens (tertiary/aromatic N) is 3. The minimum atomic E-state index is -4.76. The second kappa shape index (κ2) is 11.2. The molecule has 0 saturated carbocycles. The number of alkyl halides is 3. The Morgan fingerprint density at radius 1 is 1.06 bits per heavy atom. The van der Waals surface area contributed by atoms with Gasteiger partial charge in [-0.1, -0.05) is 12.1 Å². The highest BCUT2D eigenvalue weighted by atomic mass is 19.4. The Balaban J connectivity index is 1.41. The van der Waals surface area contributed by atoms with Gasteiger partial charge in [-0.15, -0.1) is 0 Å². The molecule has 1 amide bonds. The Bertz CT molecular complexity index is 1030. The van der Waals surface area contributed by atoms with Crippen molar-refractivity contribution in [1.29, 1.82) is 0 Å². The molecule has 2 aromatic rings. The Morgan fingerprint density at radius 3 is 2.36 bits per heavy atom. The van der Waals surface area contributed by atoms with Gasteiger partial charge in [0.05, 0.1) is 18.8 Å². The first-order chi connectivity index (χ1) is 17.1. The molecule has 196 valence electrons. The molecule has 2 aliphatic rings. The Hall–Kier alpha value is -2.56. The zero-order chi connectivity index (χ0) is 25.9. The molecule has 36 heavy (non-hydrogen) atoms. The molecule has 0 aromatic heterocycles. The number of hydrogen-bond donors (Lipinski definition) is 0. The molecule has 2 heterocycles. The second-order valence-corrected chi connectivity index (χ2v) is 9.51. The van der Waals surface area contributed by atoms with Crippen LogP contribution < -0.4 is 0 Å². The van der Waals surface area contributed by atoms with Crippen molar-refractivity contribution in [3.05, 3.63) is 70.8 Å². The van der Waals surface area contributed by atoms with E-state index in [2.05, 4.69) is 9.80 Å². The average Bonchev–Trinajstić information content (AvgIpc) is 2.82. The zero-order valence-electron chi connectivity index (χ0n) is 20.1. The van der Waals surface area contributed by atoms with Gasteiger partial charge in [0.25, 0.3) is 5.91 Å². The number of likely N-dealkylation sites (N-methyl/N-ethyl adjacent to an activating group) is 1. The van der Waals surface area contributed by atoms with Crippen LogP contribution in [0.3, 0.4) is 0 Å². The number of carbonyl (C=O) groups is 1. The lowest BCUT2D eigenvalue weighted by Gasteiger charge is -2.47. The number of ether oxygens (including phenoxy) is 1. The second-order valence-electron chi connectivity index (χ2n) is 9.51. The molecule has 0 spiro atoms. The molecule has 4 rings (SSSR count). The molecule has 0 radical (unpaired) electrons. The number of amides is 1. The minimum Gasteiger partial charge on any atom is -0.379 e. The summed E-state index contributed by atoms with van der Waals surface area (Å²) in [6.45, 7) is 6.20. The van der Waals surface area contributed by atoms with Crippen molar-refractivity contribution < 1.29 is 31.5 Å². The number of hydrogen-bond acceptors (Lipinski definition) is 4. The standard InChI is InChI=1S/C26H30F5N3O2/c1-32(25(35)20-12-21(26(29,30)31)14-23(28)13-20)15-19(18-2-4-22(27)5-3-18)6-7-33-16-24(17-33)34-8-10-36-11-9-34/h2-5,12-14,19,24H,6-11,15-17H2,1H3/t19-/m1/s1. The third-order valence-corrected chi connectivity index (χ3v) is 6.95. The van der Waals surface area contributed by atoms with Crippen LogP contribution in [-0.2, 0) is 10.9 Å². The summed E-state index contributed by atoms with van der Waals surface area (Å²) in [6, 6.07) is 8.37. The third kappa shape index (κ3) is 6.60. The minimum absolute atomic E-state index is 0.169. The molecule has 0 bridgehead atoms. The van der Waals surface area contributed by atoms with Crippen molar-refractivity contribution in [2.45, 2.75) is 24.6 Å². The van der Waals surface area contributed by atoms with Gasteiger partial charge < -0.3 is 14.5 Å².